The van der Waals surface area contributed by atoms with Crippen LogP contribution in [-0.2, 0) is 0 Å². The number of rotatable bonds is 5. The minimum absolute atomic E-state index is 0.536. The average molecular weight is 272 g/mol. The zero-order valence-electron chi connectivity index (χ0n) is 10.5. The average Bonchev–Trinajstić information content (AvgIpc) is 3.08. The molecule has 0 spiro atoms. The van der Waals surface area contributed by atoms with Gasteiger partial charge in [-0.1, -0.05) is 37.2 Å². The first kappa shape index (κ1) is 13.0. The van der Waals surface area contributed by atoms with E-state index in [1.165, 1.54) is 24.6 Å². The summed E-state index contributed by atoms with van der Waals surface area (Å²) in [5.41, 5.74) is 0. The van der Waals surface area contributed by atoms with Crippen LogP contribution in [0.25, 0.3) is 0 Å². The maximum atomic E-state index is 6.04. The summed E-state index contributed by atoms with van der Waals surface area (Å²) in [5.74, 6) is 1.60. The second kappa shape index (κ2) is 5.44. The fraction of sp³-hybridized carbons (Fsp3) is 0.667. The number of hydrogen-bond acceptors (Lipinski definition) is 4. The highest BCUT2D eigenvalue weighted by molar-refractivity contribution is 7.98. The molecule has 3 nitrogen and oxygen atoms in total. The van der Waals surface area contributed by atoms with E-state index in [1.54, 1.807) is 0 Å². The number of hydrogen-bond donors (Lipinski definition) is 0. The second-order valence-corrected chi connectivity index (χ2v) is 5.97. The molecule has 1 fully saturated rings. The van der Waals surface area contributed by atoms with E-state index in [4.69, 9.17) is 11.6 Å². The van der Waals surface area contributed by atoms with Crippen molar-refractivity contribution < 1.29 is 0 Å². The Kier molecular flexibility index (Phi) is 4.15. The maximum Gasteiger partial charge on any atom is 0.190 e. The van der Waals surface area contributed by atoms with Gasteiger partial charge in [0.25, 0.3) is 0 Å². The molecule has 0 bridgehead atoms. The first-order chi connectivity index (χ1) is 8.10. The number of nitrogens with zero attached hydrogens (tertiary/aromatic N) is 3. The van der Waals surface area contributed by atoms with Crippen molar-refractivity contribution in [2.24, 2.45) is 5.92 Å². The van der Waals surface area contributed by atoms with Crippen LogP contribution in [0.3, 0.4) is 0 Å². The smallest absolute Gasteiger partial charge is 0.190 e. The molecule has 0 atom stereocenters. The molecule has 1 saturated carbocycles. The molecule has 0 saturated heterocycles. The summed E-state index contributed by atoms with van der Waals surface area (Å²) in [6.07, 6.45) is 4.51. The van der Waals surface area contributed by atoms with Crippen LogP contribution in [0.15, 0.2) is 11.2 Å². The highest BCUT2D eigenvalue weighted by Crippen LogP contribution is 2.32. The monoisotopic (exact) mass is 271 g/mol. The van der Waals surface area contributed by atoms with Gasteiger partial charge in [0.2, 0.25) is 0 Å². The molecule has 1 heterocycles. The zero-order chi connectivity index (χ0) is 12.4. The maximum absolute atomic E-state index is 6.04. The van der Waals surface area contributed by atoms with E-state index in [2.05, 4.69) is 28.7 Å². The van der Waals surface area contributed by atoms with Gasteiger partial charge in [0.1, 0.15) is 11.0 Å². The minimum Gasteiger partial charge on any atom is -0.353 e. The highest BCUT2D eigenvalue weighted by atomic mass is 35.5. The van der Waals surface area contributed by atoms with Crippen LogP contribution >= 0.6 is 23.4 Å². The van der Waals surface area contributed by atoms with Crippen LogP contribution in [0.4, 0.5) is 5.82 Å². The van der Waals surface area contributed by atoms with Crippen molar-refractivity contribution in [1.82, 2.24) is 9.97 Å². The molecule has 2 rings (SSSR count). The number of thioether (sulfide) groups is 1. The number of anilines is 1. The number of aromatic nitrogens is 2. The van der Waals surface area contributed by atoms with E-state index in [-0.39, 0.29) is 0 Å². The predicted molar refractivity (Wildman–Crippen MR) is 74.0 cm³/mol. The third-order valence-corrected chi connectivity index (χ3v) is 3.43. The molecule has 0 N–H and O–H groups in total. The molecule has 0 aliphatic heterocycles. The van der Waals surface area contributed by atoms with Gasteiger partial charge in [-0.15, -0.1) is 0 Å². The van der Waals surface area contributed by atoms with Crippen LogP contribution < -0.4 is 4.90 Å². The Morgan fingerprint density at radius 1 is 1.47 bits per heavy atom. The largest absolute Gasteiger partial charge is 0.353 e. The van der Waals surface area contributed by atoms with Crippen molar-refractivity contribution in [2.75, 3.05) is 17.7 Å². The van der Waals surface area contributed by atoms with Gasteiger partial charge in [-0.3, -0.25) is 0 Å². The van der Waals surface area contributed by atoms with Crippen molar-refractivity contribution >= 4 is 29.2 Å². The summed E-state index contributed by atoms with van der Waals surface area (Å²) in [6, 6.07) is 2.53. The fourth-order valence-electron chi connectivity index (χ4n) is 1.83. The predicted octanol–water partition coefficient (Wildman–Crippen LogP) is 3.48. The Hall–Kier alpha value is -0.480. The third kappa shape index (κ3) is 3.49. The summed E-state index contributed by atoms with van der Waals surface area (Å²) in [5, 5.41) is 1.29. The van der Waals surface area contributed by atoms with Gasteiger partial charge in [0.05, 0.1) is 0 Å². The summed E-state index contributed by atoms with van der Waals surface area (Å²) < 4.78 is 0. The van der Waals surface area contributed by atoms with Crippen molar-refractivity contribution in [2.45, 2.75) is 37.9 Å². The van der Waals surface area contributed by atoms with Crippen molar-refractivity contribution in [3.05, 3.63) is 11.2 Å². The molecule has 0 aromatic carbocycles. The molecule has 1 aliphatic carbocycles. The molecule has 17 heavy (non-hydrogen) atoms. The normalized spacial score (nSPS) is 15.4. The minimum atomic E-state index is 0.536. The van der Waals surface area contributed by atoms with E-state index < -0.39 is 0 Å². The van der Waals surface area contributed by atoms with Gasteiger partial charge in [-0.25, -0.2) is 9.97 Å². The lowest BCUT2D eigenvalue weighted by molar-refractivity contribution is 0.600. The molecule has 5 heteroatoms. The van der Waals surface area contributed by atoms with Gasteiger partial charge >= 0.3 is 0 Å². The summed E-state index contributed by atoms with van der Waals surface area (Å²) >= 11 is 7.58. The zero-order valence-corrected chi connectivity index (χ0v) is 12.1. The molecule has 1 aromatic rings. The van der Waals surface area contributed by atoms with Crippen LogP contribution in [0.5, 0.6) is 0 Å². The van der Waals surface area contributed by atoms with Gasteiger partial charge in [-0.2, -0.15) is 0 Å². The van der Waals surface area contributed by atoms with Gasteiger partial charge in [0, 0.05) is 18.7 Å². The van der Waals surface area contributed by atoms with E-state index >= 15 is 0 Å². The second-order valence-electron chi connectivity index (χ2n) is 4.81. The first-order valence-corrected chi connectivity index (χ1v) is 7.55. The standard InChI is InChI=1S/C12H18ClN3S/c1-8(2)7-16(9-4-5-9)11-6-10(13)14-12(15-11)17-3/h6,8-9H,4-5,7H2,1-3H3. The number of halogens is 1. The molecule has 1 aromatic heterocycles. The Bertz CT molecular complexity index is 393. The SMILES string of the molecule is CSc1nc(Cl)cc(N(CC(C)C)C2CC2)n1. The van der Waals surface area contributed by atoms with Crippen molar-refractivity contribution in [3.8, 4) is 0 Å². The Morgan fingerprint density at radius 3 is 2.71 bits per heavy atom. The van der Waals surface area contributed by atoms with Crippen LogP contribution in [0.2, 0.25) is 5.15 Å². The highest BCUT2D eigenvalue weighted by Gasteiger charge is 2.30. The molecular formula is C12H18ClN3S. The Morgan fingerprint density at radius 2 is 2.18 bits per heavy atom. The first-order valence-electron chi connectivity index (χ1n) is 5.95. The lowest BCUT2D eigenvalue weighted by Gasteiger charge is -2.25. The van der Waals surface area contributed by atoms with E-state index in [0.29, 0.717) is 17.1 Å². The van der Waals surface area contributed by atoms with Crippen molar-refractivity contribution in [3.63, 3.8) is 0 Å². The molecule has 1 aliphatic rings. The fourth-order valence-corrected chi connectivity index (χ4v) is 2.44. The molecule has 0 unspecified atom stereocenters. The summed E-state index contributed by atoms with van der Waals surface area (Å²) in [4.78, 5) is 11.1. The summed E-state index contributed by atoms with van der Waals surface area (Å²) in [6.45, 7) is 5.49. The third-order valence-electron chi connectivity index (χ3n) is 2.69. The van der Waals surface area contributed by atoms with E-state index in [0.717, 1.165) is 17.5 Å². The molecule has 0 amide bonds. The van der Waals surface area contributed by atoms with Crippen LogP contribution in [0, 0.1) is 5.92 Å². The molecule has 94 valence electrons. The van der Waals surface area contributed by atoms with Crippen LogP contribution in [-0.4, -0.2) is 28.8 Å². The van der Waals surface area contributed by atoms with Gasteiger partial charge in [0.15, 0.2) is 5.16 Å². The Balaban J connectivity index is 2.25. The Labute approximate surface area is 112 Å². The van der Waals surface area contributed by atoms with Gasteiger partial charge in [-0.05, 0) is 25.0 Å². The molecular weight excluding hydrogens is 254 g/mol. The van der Waals surface area contributed by atoms with Crippen LogP contribution in [0.1, 0.15) is 26.7 Å². The quantitative estimate of drug-likeness (QED) is 0.466. The van der Waals surface area contributed by atoms with Gasteiger partial charge < -0.3 is 4.90 Å². The van der Waals surface area contributed by atoms with E-state index in [9.17, 15) is 0 Å². The lowest BCUT2D eigenvalue weighted by Crippen LogP contribution is -2.30. The topological polar surface area (TPSA) is 29.0 Å². The summed E-state index contributed by atoms with van der Waals surface area (Å²) in [7, 11) is 0. The molecule has 0 radical (unpaired) electrons. The van der Waals surface area contributed by atoms with E-state index in [1.807, 2.05) is 12.3 Å². The van der Waals surface area contributed by atoms with Crippen molar-refractivity contribution in [1.29, 1.82) is 0 Å². The lowest BCUT2D eigenvalue weighted by atomic mass is 10.2.